The summed E-state index contributed by atoms with van der Waals surface area (Å²) in [5.41, 5.74) is 13.3. The van der Waals surface area contributed by atoms with Gasteiger partial charge in [0.1, 0.15) is 0 Å². The second-order valence-corrected chi connectivity index (χ2v) is 8.41. The maximum absolute atomic E-state index is 11.2. The number of aromatic nitrogens is 1. The molecule has 0 bridgehead atoms. The van der Waals surface area contributed by atoms with Crippen molar-refractivity contribution in [1.82, 2.24) is 9.88 Å². The highest BCUT2D eigenvalue weighted by Gasteiger charge is 2.20. The van der Waals surface area contributed by atoms with E-state index in [0.717, 1.165) is 45.4 Å². The highest BCUT2D eigenvalue weighted by atomic mass is 16.1. The number of nitrogens with two attached hydrogens (primary N) is 1. The number of carbonyl (C=O) groups excluding carboxylic acids is 1. The van der Waals surface area contributed by atoms with Crippen LogP contribution in [0, 0.1) is 0 Å². The normalized spacial score (nSPS) is 16.7. The number of carbonyl (C=O) groups is 1. The Kier molecular flexibility index (Phi) is 5.05. The Morgan fingerprint density at radius 1 is 1.07 bits per heavy atom. The largest absolute Gasteiger partial charge is 0.368 e. The number of anilines is 1. The van der Waals surface area contributed by atoms with Crippen LogP contribution >= 0.6 is 0 Å². The maximum Gasteiger partial charge on any atom is 0.236 e. The van der Waals surface area contributed by atoms with Crippen molar-refractivity contribution in [1.29, 1.82) is 0 Å². The minimum atomic E-state index is -0.266. The van der Waals surface area contributed by atoms with Crippen molar-refractivity contribution in [3.05, 3.63) is 71.4 Å². The number of nitrogens with one attached hydrogen (secondary N) is 1. The van der Waals surface area contributed by atoms with Gasteiger partial charge in [-0.3, -0.25) is 9.69 Å². The van der Waals surface area contributed by atoms with Crippen molar-refractivity contribution < 1.29 is 4.79 Å². The minimum Gasteiger partial charge on any atom is -0.368 e. The first-order valence-electron chi connectivity index (χ1n) is 10.8. The number of rotatable bonds is 6. The van der Waals surface area contributed by atoms with Gasteiger partial charge in [0, 0.05) is 43.6 Å². The summed E-state index contributed by atoms with van der Waals surface area (Å²) >= 11 is 0. The van der Waals surface area contributed by atoms with Crippen LogP contribution in [0.4, 0.5) is 5.69 Å². The molecule has 2 aromatic carbocycles. The van der Waals surface area contributed by atoms with E-state index in [1.54, 1.807) is 0 Å². The number of fused-ring (bicyclic) bond motifs is 2. The van der Waals surface area contributed by atoms with Crippen LogP contribution in [-0.4, -0.2) is 48.5 Å². The molecule has 3 heterocycles. The van der Waals surface area contributed by atoms with E-state index in [9.17, 15) is 4.79 Å². The molecule has 3 N–H and O–H groups in total. The van der Waals surface area contributed by atoms with Gasteiger partial charge >= 0.3 is 0 Å². The van der Waals surface area contributed by atoms with Gasteiger partial charge in [-0.05, 0) is 71.2 Å². The lowest BCUT2D eigenvalue weighted by Gasteiger charge is -2.26. The third kappa shape index (κ3) is 3.85. The Bertz CT molecular complexity index is 1110. The van der Waals surface area contributed by atoms with E-state index in [4.69, 9.17) is 5.73 Å². The molecule has 0 saturated carbocycles. The van der Waals surface area contributed by atoms with Crippen LogP contribution in [0.2, 0.25) is 0 Å². The molecular weight excluding hydrogens is 372 g/mol. The molecule has 3 aromatic rings. The first-order chi connectivity index (χ1) is 14.7. The molecule has 0 radical (unpaired) electrons. The predicted octanol–water partition coefficient (Wildman–Crippen LogP) is 3.35. The quantitative estimate of drug-likeness (QED) is 0.667. The van der Waals surface area contributed by atoms with Crippen LogP contribution in [-0.2, 0) is 17.6 Å². The van der Waals surface area contributed by atoms with Crippen LogP contribution in [0.1, 0.15) is 23.1 Å². The molecule has 2 aliphatic rings. The standard InChI is InChI=1S/C25H28N4O/c26-25(30)17-29-14-9-22-15-18(1-4-24(22)29)6-11-28-12-7-19(8-13-28)20-2-3-23-21(16-20)5-10-27-23/h1-5,7,10,15-16,27H,6,8-9,11-14,17H2,(H2,26,30). The van der Waals surface area contributed by atoms with Gasteiger partial charge in [0.15, 0.2) is 0 Å². The lowest BCUT2D eigenvalue weighted by atomic mass is 9.98. The molecule has 30 heavy (non-hydrogen) atoms. The van der Waals surface area contributed by atoms with Gasteiger partial charge in [0.2, 0.25) is 5.91 Å². The number of primary amides is 1. The average Bonchev–Trinajstić information content (AvgIpc) is 3.38. The molecule has 5 heteroatoms. The van der Waals surface area contributed by atoms with E-state index < -0.39 is 0 Å². The van der Waals surface area contributed by atoms with Crippen LogP contribution < -0.4 is 10.6 Å². The van der Waals surface area contributed by atoms with Gasteiger partial charge in [0.05, 0.1) is 6.54 Å². The number of H-pyrrole nitrogens is 1. The molecule has 0 aliphatic carbocycles. The van der Waals surface area contributed by atoms with Crippen LogP contribution in [0.25, 0.3) is 16.5 Å². The molecule has 0 spiro atoms. The molecule has 1 amide bonds. The molecule has 0 saturated heterocycles. The summed E-state index contributed by atoms with van der Waals surface area (Å²) in [6, 6.07) is 15.5. The van der Waals surface area contributed by atoms with Crippen molar-refractivity contribution in [3.8, 4) is 0 Å². The highest BCUT2D eigenvalue weighted by Crippen LogP contribution is 2.29. The summed E-state index contributed by atoms with van der Waals surface area (Å²) in [4.78, 5) is 19.1. The Morgan fingerprint density at radius 3 is 2.83 bits per heavy atom. The van der Waals surface area contributed by atoms with E-state index in [2.05, 4.69) is 63.3 Å². The van der Waals surface area contributed by atoms with Gasteiger partial charge in [0.25, 0.3) is 0 Å². The summed E-state index contributed by atoms with van der Waals surface area (Å²) in [5, 5.41) is 1.28. The average molecular weight is 401 g/mol. The van der Waals surface area contributed by atoms with Gasteiger partial charge in [-0.15, -0.1) is 0 Å². The first-order valence-corrected chi connectivity index (χ1v) is 10.8. The van der Waals surface area contributed by atoms with Crippen molar-refractivity contribution in [3.63, 3.8) is 0 Å². The van der Waals surface area contributed by atoms with Crippen LogP contribution in [0.5, 0.6) is 0 Å². The number of hydrogen-bond donors (Lipinski definition) is 2. The molecule has 5 rings (SSSR count). The fraction of sp³-hybridized carbons (Fsp3) is 0.320. The molecule has 154 valence electrons. The lowest BCUT2D eigenvalue weighted by Crippen LogP contribution is -2.32. The molecule has 0 fully saturated rings. The number of hydrogen-bond acceptors (Lipinski definition) is 3. The zero-order valence-electron chi connectivity index (χ0n) is 17.2. The molecule has 0 unspecified atom stereocenters. The number of aromatic amines is 1. The summed E-state index contributed by atoms with van der Waals surface area (Å²) in [5.74, 6) is -0.266. The zero-order chi connectivity index (χ0) is 20.5. The Labute approximate surface area is 177 Å². The van der Waals surface area contributed by atoms with Crippen molar-refractivity contribution in [2.75, 3.05) is 37.6 Å². The third-order valence-electron chi connectivity index (χ3n) is 6.42. The SMILES string of the molecule is NC(=O)CN1CCc2cc(CCN3CC=C(c4ccc5[nH]ccc5c4)CC3)ccc21. The van der Waals surface area contributed by atoms with E-state index in [1.165, 1.54) is 38.9 Å². The molecule has 5 nitrogen and oxygen atoms in total. The Morgan fingerprint density at radius 2 is 2.00 bits per heavy atom. The molecular formula is C25H28N4O. The summed E-state index contributed by atoms with van der Waals surface area (Å²) in [7, 11) is 0. The second kappa shape index (κ2) is 8.00. The Hall–Kier alpha value is -3.05. The molecule has 1 aromatic heterocycles. The first kappa shape index (κ1) is 18.9. The van der Waals surface area contributed by atoms with E-state index in [1.807, 2.05) is 6.20 Å². The fourth-order valence-corrected chi connectivity index (χ4v) is 4.75. The maximum atomic E-state index is 11.2. The lowest BCUT2D eigenvalue weighted by molar-refractivity contribution is -0.116. The second-order valence-electron chi connectivity index (χ2n) is 8.41. The minimum absolute atomic E-state index is 0.266. The van der Waals surface area contributed by atoms with Crippen molar-refractivity contribution in [2.24, 2.45) is 5.73 Å². The monoisotopic (exact) mass is 400 g/mol. The number of nitrogens with zero attached hydrogens (tertiary/aromatic N) is 2. The zero-order valence-corrected chi connectivity index (χ0v) is 17.2. The highest BCUT2D eigenvalue weighted by molar-refractivity contribution is 5.84. The van der Waals surface area contributed by atoms with Gasteiger partial charge in [-0.2, -0.15) is 0 Å². The fourth-order valence-electron chi connectivity index (χ4n) is 4.75. The van der Waals surface area contributed by atoms with Gasteiger partial charge in [-0.1, -0.05) is 24.3 Å². The smallest absolute Gasteiger partial charge is 0.236 e. The van der Waals surface area contributed by atoms with E-state index in [-0.39, 0.29) is 5.91 Å². The van der Waals surface area contributed by atoms with Crippen molar-refractivity contribution >= 4 is 28.1 Å². The topological polar surface area (TPSA) is 65.4 Å². The summed E-state index contributed by atoms with van der Waals surface area (Å²) in [6.07, 6.45) is 7.54. The number of benzene rings is 2. The van der Waals surface area contributed by atoms with E-state index in [0.29, 0.717) is 6.54 Å². The van der Waals surface area contributed by atoms with Gasteiger partial charge < -0.3 is 15.6 Å². The summed E-state index contributed by atoms with van der Waals surface area (Å²) < 4.78 is 0. The number of amides is 1. The van der Waals surface area contributed by atoms with Crippen molar-refractivity contribution in [2.45, 2.75) is 19.3 Å². The van der Waals surface area contributed by atoms with Crippen LogP contribution in [0.15, 0.2) is 54.7 Å². The van der Waals surface area contributed by atoms with Gasteiger partial charge in [-0.25, -0.2) is 0 Å². The summed E-state index contributed by atoms with van der Waals surface area (Å²) in [6.45, 7) is 4.39. The third-order valence-corrected chi connectivity index (χ3v) is 6.42. The molecule has 0 atom stereocenters. The molecule has 2 aliphatic heterocycles. The van der Waals surface area contributed by atoms with Crippen LogP contribution in [0.3, 0.4) is 0 Å². The predicted molar refractivity (Wildman–Crippen MR) is 123 cm³/mol. The Balaban J connectivity index is 1.19. The van der Waals surface area contributed by atoms with E-state index >= 15 is 0 Å².